The Labute approximate surface area is 230 Å². The van der Waals surface area contributed by atoms with Crippen molar-refractivity contribution in [1.82, 2.24) is 10.2 Å². The molecule has 3 heterocycles. The van der Waals surface area contributed by atoms with Gasteiger partial charge in [0.2, 0.25) is 11.8 Å². The molecule has 2 aliphatic rings. The minimum absolute atomic E-state index is 0.00777. The zero-order valence-electron chi connectivity index (χ0n) is 20.8. The van der Waals surface area contributed by atoms with E-state index in [2.05, 4.69) is 20.6 Å². The second-order valence-corrected chi connectivity index (χ2v) is 9.82. The molecule has 13 heteroatoms. The van der Waals surface area contributed by atoms with Gasteiger partial charge >= 0.3 is 6.18 Å². The van der Waals surface area contributed by atoms with E-state index in [1.54, 1.807) is 41.3 Å². The van der Waals surface area contributed by atoms with Crippen LogP contribution in [0.3, 0.4) is 0 Å². The number of rotatable bonds is 8. The second kappa shape index (κ2) is 11.4. The van der Waals surface area contributed by atoms with Crippen LogP contribution in [0.5, 0.6) is 0 Å². The molecule has 2 N–H and O–H groups in total. The zero-order valence-corrected chi connectivity index (χ0v) is 21.6. The van der Waals surface area contributed by atoms with Crippen molar-refractivity contribution in [2.24, 2.45) is 9.98 Å². The van der Waals surface area contributed by atoms with E-state index in [0.29, 0.717) is 28.0 Å². The minimum atomic E-state index is -4.54. The van der Waals surface area contributed by atoms with Gasteiger partial charge in [0.1, 0.15) is 17.6 Å². The maximum atomic E-state index is 13.0. The van der Waals surface area contributed by atoms with Crippen molar-refractivity contribution in [3.8, 4) is 0 Å². The van der Waals surface area contributed by atoms with Crippen LogP contribution in [-0.2, 0) is 27.1 Å². The monoisotopic (exact) mass is 569 g/mol. The third kappa shape index (κ3) is 6.09. The number of hydrogen-bond donors (Lipinski definition) is 2. The summed E-state index contributed by atoms with van der Waals surface area (Å²) in [4.78, 5) is 48.5. The molecule has 2 aliphatic heterocycles. The molecule has 0 fully saturated rings. The molecule has 9 nitrogen and oxygen atoms in total. The first kappa shape index (κ1) is 27.2. The van der Waals surface area contributed by atoms with Crippen molar-refractivity contribution in [3.63, 3.8) is 0 Å². The number of alkyl halides is 3. The Morgan fingerprint density at radius 3 is 2.62 bits per heavy atom. The molecular formula is C27H22F3N5O4S. The molecule has 1 aromatic heterocycles. The first-order valence-electron chi connectivity index (χ1n) is 12.2. The molecule has 0 radical (unpaired) electrons. The quantitative estimate of drug-likeness (QED) is 0.406. The lowest BCUT2D eigenvalue weighted by Gasteiger charge is -2.31. The van der Waals surface area contributed by atoms with Crippen LogP contribution in [0.1, 0.15) is 29.7 Å². The van der Waals surface area contributed by atoms with Gasteiger partial charge in [-0.25, -0.2) is 4.99 Å². The van der Waals surface area contributed by atoms with Gasteiger partial charge in [-0.2, -0.15) is 18.2 Å². The van der Waals surface area contributed by atoms with Crippen LogP contribution in [0.15, 0.2) is 81.3 Å². The van der Waals surface area contributed by atoms with Crippen LogP contribution in [0, 0.1) is 0 Å². The van der Waals surface area contributed by atoms with E-state index in [1.807, 2.05) is 0 Å². The molecule has 0 saturated carbocycles. The lowest BCUT2D eigenvalue weighted by atomic mass is 10.1. The summed E-state index contributed by atoms with van der Waals surface area (Å²) in [5.41, 5.74) is 0.327. The van der Waals surface area contributed by atoms with Crippen molar-refractivity contribution in [3.05, 3.63) is 83.8 Å². The van der Waals surface area contributed by atoms with Gasteiger partial charge in [0.25, 0.3) is 5.91 Å². The van der Waals surface area contributed by atoms with Gasteiger partial charge in [-0.1, -0.05) is 30.0 Å². The van der Waals surface area contributed by atoms with E-state index in [1.165, 1.54) is 18.4 Å². The summed E-state index contributed by atoms with van der Waals surface area (Å²) in [6.07, 6.45) is -2.85. The third-order valence-electron chi connectivity index (χ3n) is 6.10. The lowest BCUT2D eigenvalue weighted by Crippen LogP contribution is -2.44. The van der Waals surface area contributed by atoms with Crippen LogP contribution in [0.4, 0.5) is 24.5 Å². The molecule has 1 atom stereocenters. The Morgan fingerprint density at radius 1 is 1.02 bits per heavy atom. The largest absolute Gasteiger partial charge is 0.467 e. The molecule has 3 amide bonds. The first-order chi connectivity index (χ1) is 19.2. The summed E-state index contributed by atoms with van der Waals surface area (Å²) < 4.78 is 44.3. The number of nitrogens with zero attached hydrogens (tertiary/aromatic N) is 3. The number of benzene rings is 2. The summed E-state index contributed by atoms with van der Waals surface area (Å²) >= 11 is 1.02. The highest BCUT2D eigenvalue weighted by Crippen LogP contribution is 2.35. The molecular weight excluding hydrogens is 547 g/mol. The number of amidine groups is 2. The molecule has 1 unspecified atom stereocenters. The van der Waals surface area contributed by atoms with E-state index in [0.717, 1.165) is 23.9 Å². The van der Waals surface area contributed by atoms with E-state index in [4.69, 9.17) is 4.42 Å². The summed E-state index contributed by atoms with van der Waals surface area (Å²) in [7, 11) is 0. The topological polar surface area (TPSA) is 116 Å². The van der Waals surface area contributed by atoms with Crippen LogP contribution in [-0.4, -0.2) is 45.4 Å². The molecule has 0 spiro atoms. The number of nitrogens with one attached hydrogen (secondary N) is 2. The Morgan fingerprint density at radius 2 is 1.85 bits per heavy atom. The number of carbonyl (C=O) groups is 3. The minimum Gasteiger partial charge on any atom is -0.467 e. The van der Waals surface area contributed by atoms with Gasteiger partial charge in [-0.05, 0) is 48.9 Å². The first-order valence-corrected chi connectivity index (χ1v) is 13.2. The van der Waals surface area contributed by atoms with Crippen molar-refractivity contribution >= 4 is 51.9 Å². The Bertz CT molecular complexity index is 1500. The number of fused-ring (bicyclic) bond motifs is 3. The Hall–Kier alpha value is -4.39. The summed E-state index contributed by atoms with van der Waals surface area (Å²) in [5.74, 6) is -0.487. The van der Waals surface area contributed by atoms with Gasteiger partial charge in [0.15, 0.2) is 5.17 Å². The van der Waals surface area contributed by atoms with Crippen LogP contribution < -0.4 is 10.6 Å². The maximum absolute atomic E-state index is 13.0. The van der Waals surface area contributed by atoms with Crippen LogP contribution >= 0.6 is 11.8 Å². The number of furan rings is 1. The molecule has 0 aliphatic carbocycles. The average molecular weight is 570 g/mol. The van der Waals surface area contributed by atoms with E-state index >= 15 is 0 Å². The fraction of sp³-hybridized carbons (Fsp3) is 0.222. The van der Waals surface area contributed by atoms with Gasteiger partial charge in [-0.3, -0.25) is 19.3 Å². The van der Waals surface area contributed by atoms with Gasteiger partial charge in [0, 0.05) is 17.7 Å². The molecule has 40 heavy (non-hydrogen) atoms. The summed E-state index contributed by atoms with van der Waals surface area (Å²) in [6, 6.07) is 14.1. The fourth-order valence-electron chi connectivity index (χ4n) is 4.23. The number of amides is 3. The third-order valence-corrected chi connectivity index (χ3v) is 7.05. The SMILES string of the molecule is O=C(CCC1C(=O)N=C2c3ccccc3N=C(SCC(=O)Nc3cccc(C(F)(F)F)c3)N21)NCc1ccco1. The number of hydrogen-bond acceptors (Lipinski definition) is 7. The molecule has 206 valence electrons. The zero-order chi connectivity index (χ0) is 28.3. The fourth-order valence-corrected chi connectivity index (χ4v) is 5.08. The number of para-hydroxylation sites is 1. The molecule has 5 rings (SSSR count). The average Bonchev–Trinajstić information content (AvgIpc) is 3.57. The van der Waals surface area contributed by atoms with Crippen molar-refractivity contribution < 1.29 is 32.0 Å². The van der Waals surface area contributed by atoms with Crippen molar-refractivity contribution in [1.29, 1.82) is 0 Å². The van der Waals surface area contributed by atoms with Crippen LogP contribution in [0.25, 0.3) is 0 Å². The van der Waals surface area contributed by atoms with Crippen LogP contribution in [0.2, 0.25) is 0 Å². The number of carbonyl (C=O) groups excluding carboxylic acids is 3. The number of anilines is 1. The summed E-state index contributed by atoms with van der Waals surface area (Å²) in [5, 5.41) is 5.53. The molecule has 2 aromatic carbocycles. The highest BCUT2D eigenvalue weighted by molar-refractivity contribution is 8.14. The van der Waals surface area contributed by atoms with Gasteiger partial charge in [-0.15, -0.1) is 0 Å². The summed E-state index contributed by atoms with van der Waals surface area (Å²) in [6.45, 7) is 0.215. The van der Waals surface area contributed by atoms with E-state index < -0.39 is 29.6 Å². The lowest BCUT2D eigenvalue weighted by molar-refractivity contribution is -0.137. The van der Waals surface area contributed by atoms with E-state index in [9.17, 15) is 27.6 Å². The number of halogens is 3. The normalized spacial score (nSPS) is 16.1. The number of aliphatic imine (C=N–C) groups is 2. The Kier molecular flexibility index (Phi) is 7.74. The standard InChI is InChI=1S/C27H22F3N5O4S/c28-27(29,30)16-5-3-6-17(13-16)32-23(37)15-40-26-33-20-9-2-1-8-19(20)24-34-25(38)21(35(24)26)10-11-22(36)31-14-18-7-4-12-39-18/h1-9,12-13,21H,10-11,14-15H2,(H,31,36)(H,32,37). The van der Waals surface area contributed by atoms with E-state index in [-0.39, 0.29) is 36.7 Å². The Balaban J connectivity index is 1.27. The smallest absolute Gasteiger partial charge is 0.416 e. The highest BCUT2D eigenvalue weighted by atomic mass is 32.2. The van der Waals surface area contributed by atoms with Gasteiger partial charge in [0.05, 0.1) is 29.8 Å². The van der Waals surface area contributed by atoms with Gasteiger partial charge < -0.3 is 15.1 Å². The van der Waals surface area contributed by atoms with Crippen molar-refractivity contribution in [2.75, 3.05) is 11.1 Å². The predicted octanol–water partition coefficient (Wildman–Crippen LogP) is 4.73. The van der Waals surface area contributed by atoms with Crippen molar-refractivity contribution in [2.45, 2.75) is 31.6 Å². The highest BCUT2D eigenvalue weighted by Gasteiger charge is 2.41. The predicted molar refractivity (Wildman–Crippen MR) is 143 cm³/mol. The second-order valence-electron chi connectivity index (χ2n) is 8.88. The number of thioether (sulfide) groups is 1. The molecule has 0 saturated heterocycles. The molecule has 0 bridgehead atoms. The molecule has 3 aromatic rings. The maximum Gasteiger partial charge on any atom is 0.416 e.